The van der Waals surface area contributed by atoms with E-state index in [2.05, 4.69) is 10.4 Å². The fraction of sp³-hybridized carbons (Fsp3) is 0.379. The van der Waals surface area contributed by atoms with E-state index >= 15 is 0 Å². The van der Waals surface area contributed by atoms with Crippen LogP contribution in [0.2, 0.25) is 0 Å². The quantitative estimate of drug-likeness (QED) is 0.291. The Labute approximate surface area is 264 Å². The van der Waals surface area contributed by atoms with Crippen molar-refractivity contribution in [2.45, 2.75) is 18.8 Å². The van der Waals surface area contributed by atoms with Crippen molar-refractivity contribution < 1.29 is 65.1 Å². The molecule has 1 aromatic heterocycles. The number of halogens is 6. The SMILES string of the molecule is COc1ccc2c(c1)CC(C(=O)Nc1ccc(-c3ccnn3C)cc1OCCN(C)C)CO2.O=C(O)C(F)(F)F.O=C(O)C(F)(F)F. The number of fused-ring (bicyclic) bond motifs is 1. The number of hydrogen-bond donors (Lipinski definition) is 3. The highest BCUT2D eigenvalue weighted by Gasteiger charge is 2.39. The number of aromatic nitrogens is 2. The standard InChI is InChI=1S/C25H30N4O4.2C2HF3O2/c1-28(2)11-12-32-24-15-17(22-9-10-26-29(22)3)5-7-21(24)27-25(30)19-13-18-14-20(31-4)6-8-23(18)33-16-19;2*3-2(4,5)1(6)7/h5-10,14-15,19H,11-13,16H2,1-4H3,(H,27,30);2*(H,6,7). The first-order valence-corrected chi connectivity index (χ1v) is 13.4. The molecule has 1 unspecified atom stereocenters. The molecule has 47 heavy (non-hydrogen) atoms. The predicted octanol–water partition coefficient (Wildman–Crippen LogP) is 4.49. The average molecular weight is 679 g/mol. The zero-order valence-electron chi connectivity index (χ0n) is 25.5. The number of aryl methyl sites for hydroxylation is 1. The molecule has 0 saturated heterocycles. The van der Waals surface area contributed by atoms with Crippen LogP contribution in [0, 0.1) is 5.92 Å². The second kappa shape index (κ2) is 16.5. The molecule has 1 aliphatic heterocycles. The lowest BCUT2D eigenvalue weighted by atomic mass is 9.95. The summed E-state index contributed by atoms with van der Waals surface area (Å²) < 4.78 is 82.5. The summed E-state index contributed by atoms with van der Waals surface area (Å²) in [6.45, 7) is 1.60. The number of carbonyl (C=O) groups is 3. The molecule has 0 radical (unpaired) electrons. The molecule has 258 valence electrons. The molecule has 4 rings (SSSR count). The number of ether oxygens (including phenoxy) is 3. The molecule has 2 aromatic carbocycles. The van der Waals surface area contributed by atoms with Crippen molar-refractivity contribution in [2.75, 3.05) is 46.3 Å². The van der Waals surface area contributed by atoms with Gasteiger partial charge in [-0.05, 0) is 62.5 Å². The summed E-state index contributed by atoms with van der Waals surface area (Å²) in [5, 5.41) is 21.6. The van der Waals surface area contributed by atoms with Crippen LogP contribution in [0.4, 0.5) is 32.0 Å². The van der Waals surface area contributed by atoms with Gasteiger partial charge >= 0.3 is 24.3 Å². The van der Waals surface area contributed by atoms with Gasteiger partial charge in [-0.3, -0.25) is 9.48 Å². The van der Waals surface area contributed by atoms with Gasteiger partial charge in [0.05, 0.1) is 24.4 Å². The maximum Gasteiger partial charge on any atom is 0.490 e. The van der Waals surface area contributed by atoms with Crippen LogP contribution in [0.15, 0.2) is 48.7 Å². The number of hydrogen-bond acceptors (Lipinski definition) is 8. The van der Waals surface area contributed by atoms with Gasteiger partial charge in [-0.2, -0.15) is 31.4 Å². The molecule has 0 aliphatic carbocycles. The minimum Gasteiger partial charge on any atom is -0.497 e. The van der Waals surface area contributed by atoms with E-state index in [0.29, 0.717) is 31.1 Å². The van der Waals surface area contributed by atoms with Crippen LogP contribution in [0.25, 0.3) is 11.3 Å². The average Bonchev–Trinajstić information content (AvgIpc) is 3.42. The first-order chi connectivity index (χ1) is 21.8. The van der Waals surface area contributed by atoms with Crippen LogP contribution in [0.5, 0.6) is 17.2 Å². The highest BCUT2D eigenvalue weighted by molar-refractivity contribution is 5.95. The normalized spacial score (nSPS) is 13.9. The van der Waals surface area contributed by atoms with Gasteiger partial charge in [-0.15, -0.1) is 0 Å². The number of carbonyl (C=O) groups excluding carboxylic acids is 1. The molecule has 0 bridgehead atoms. The van der Waals surface area contributed by atoms with E-state index in [-0.39, 0.29) is 11.8 Å². The van der Waals surface area contributed by atoms with E-state index < -0.39 is 24.3 Å². The number of carboxylic acids is 2. The molecule has 3 aromatic rings. The van der Waals surface area contributed by atoms with E-state index in [1.54, 1.807) is 13.3 Å². The Balaban J connectivity index is 0.000000459. The summed E-state index contributed by atoms with van der Waals surface area (Å²) in [4.78, 5) is 33.0. The molecular formula is C29H32F6N4O8. The predicted molar refractivity (Wildman–Crippen MR) is 154 cm³/mol. The fourth-order valence-corrected chi connectivity index (χ4v) is 3.80. The summed E-state index contributed by atoms with van der Waals surface area (Å²) in [7, 11) is 7.51. The molecule has 0 saturated carbocycles. The van der Waals surface area contributed by atoms with E-state index in [1.807, 2.05) is 73.2 Å². The maximum atomic E-state index is 13.1. The zero-order chi connectivity index (χ0) is 35.5. The van der Waals surface area contributed by atoms with Crippen LogP contribution in [-0.4, -0.2) is 96.1 Å². The third-order valence-corrected chi connectivity index (χ3v) is 6.18. The second-order valence-corrected chi connectivity index (χ2v) is 9.98. The Bertz CT molecular complexity index is 1500. The lowest BCUT2D eigenvalue weighted by Gasteiger charge is -2.25. The largest absolute Gasteiger partial charge is 0.497 e. The van der Waals surface area contributed by atoms with Crippen LogP contribution >= 0.6 is 0 Å². The van der Waals surface area contributed by atoms with E-state index in [4.69, 9.17) is 34.0 Å². The molecule has 0 fully saturated rings. The van der Waals surface area contributed by atoms with Crippen molar-refractivity contribution in [3.8, 4) is 28.5 Å². The smallest absolute Gasteiger partial charge is 0.490 e. The van der Waals surface area contributed by atoms with Crippen LogP contribution in [0.1, 0.15) is 5.56 Å². The second-order valence-electron chi connectivity index (χ2n) is 9.98. The number of nitrogens with one attached hydrogen (secondary N) is 1. The van der Waals surface area contributed by atoms with Gasteiger partial charge in [0.1, 0.15) is 30.5 Å². The van der Waals surface area contributed by atoms with Crippen LogP contribution in [0.3, 0.4) is 0 Å². The number of aliphatic carboxylic acids is 2. The molecule has 2 heterocycles. The van der Waals surface area contributed by atoms with E-state index in [1.165, 1.54) is 0 Å². The number of methoxy groups -OCH3 is 1. The summed E-state index contributed by atoms with van der Waals surface area (Å²) >= 11 is 0. The van der Waals surface area contributed by atoms with Crippen molar-refractivity contribution in [2.24, 2.45) is 13.0 Å². The molecule has 18 heteroatoms. The Kier molecular flexibility index (Phi) is 13.4. The topological polar surface area (TPSA) is 152 Å². The number of likely N-dealkylation sites (N-methyl/N-ethyl adjacent to an activating group) is 1. The Morgan fingerprint density at radius 3 is 2.15 bits per heavy atom. The molecule has 3 N–H and O–H groups in total. The molecular weight excluding hydrogens is 646 g/mol. The van der Waals surface area contributed by atoms with Gasteiger partial charge in [-0.25, -0.2) is 9.59 Å². The highest BCUT2D eigenvalue weighted by Crippen LogP contribution is 2.34. The summed E-state index contributed by atoms with van der Waals surface area (Å²) in [6.07, 6.45) is -7.82. The Morgan fingerprint density at radius 1 is 1.02 bits per heavy atom. The van der Waals surface area contributed by atoms with E-state index in [0.717, 1.165) is 34.9 Å². The minimum absolute atomic E-state index is 0.103. The minimum atomic E-state index is -5.08. The number of alkyl halides is 6. The highest BCUT2D eigenvalue weighted by atomic mass is 19.4. The van der Waals surface area contributed by atoms with Crippen molar-refractivity contribution in [1.82, 2.24) is 14.7 Å². The van der Waals surface area contributed by atoms with Gasteiger partial charge in [0.2, 0.25) is 5.91 Å². The number of rotatable bonds is 8. The van der Waals surface area contributed by atoms with Gasteiger partial charge in [0.15, 0.2) is 0 Å². The fourth-order valence-electron chi connectivity index (χ4n) is 3.80. The van der Waals surface area contributed by atoms with Gasteiger partial charge < -0.3 is 34.6 Å². The molecule has 12 nitrogen and oxygen atoms in total. The Morgan fingerprint density at radius 2 is 1.64 bits per heavy atom. The van der Waals surface area contributed by atoms with Crippen LogP contribution in [-0.2, 0) is 27.9 Å². The van der Waals surface area contributed by atoms with Crippen molar-refractivity contribution in [1.29, 1.82) is 0 Å². The first kappa shape index (κ1) is 38.2. The lowest BCUT2D eigenvalue weighted by Crippen LogP contribution is -2.32. The maximum absolute atomic E-state index is 13.1. The van der Waals surface area contributed by atoms with Crippen molar-refractivity contribution in [3.63, 3.8) is 0 Å². The number of nitrogens with zero attached hydrogens (tertiary/aromatic N) is 3. The monoisotopic (exact) mass is 678 g/mol. The number of amides is 1. The number of carboxylic acid groups (broad SMARTS) is 2. The molecule has 0 spiro atoms. The molecule has 1 aliphatic rings. The lowest BCUT2D eigenvalue weighted by molar-refractivity contribution is -0.193. The van der Waals surface area contributed by atoms with Gasteiger partial charge in [0, 0.05) is 25.4 Å². The van der Waals surface area contributed by atoms with Crippen LogP contribution < -0.4 is 19.5 Å². The van der Waals surface area contributed by atoms with E-state index in [9.17, 15) is 31.1 Å². The molecule has 1 atom stereocenters. The summed E-state index contributed by atoms with van der Waals surface area (Å²) in [6, 6.07) is 13.4. The van der Waals surface area contributed by atoms with Crippen molar-refractivity contribution >= 4 is 23.5 Å². The van der Waals surface area contributed by atoms with Gasteiger partial charge in [-0.1, -0.05) is 6.07 Å². The summed E-state index contributed by atoms with van der Waals surface area (Å²) in [5.74, 6) is -3.75. The number of anilines is 1. The number of benzene rings is 2. The van der Waals surface area contributed by atoms with Gasteiger partial charge in [0.25, 0.3) is 0 Å². The van der Waals surface area contributed by atoms with Crippen molar-refractivity contribution in [3.05, 3.63) is 54.2 Å². The Hall–Kier alpha value is -5.00. The molecule has 1 amide bonds. The third-order valence-electron chi connectivity index (χ3n) is 6.18. The summed E-state index contributed by atoms with van der Waals surface area (Å²) in [5.41, 5.74) is 3.54. The zero-order valence-corrected chi connectivity index (χ0v) is 25.5. The third kappa shape index (κ3) is 12.0. The first-order valence-electron chi connectivity index (χ1n) is 13.4.